The predicted molar refractivity (Wildman–Crippen MR) is 102 cm³/mol. The summed E-state index contributed by atoms with van der Waals surface area (Å²) in [5, 5.41) is 2.10. The third-order valence-corrected chi connectivity index (χ3v) is 5.75. The number of anilines is 1. The Kier molecular flexibility index (Phi) is 4.24. The number of methoxy groups -OCH3 is 1. The summed E-state index contributed by atoms with van der Waals surface area (Å²) in [5.41, 5.74) is 3.98. The van der Waals surface area contributed by atoms with Crippen molar-refractivity contribution in [3.8, 4) is 5.75 Å². The topological polar surface area (TPSA) is 12.5 Å². The van der Waals surface area contributed by atoms with Crippen molar-refractivity contribution in [2.45, 2.75) is 38.6 Å². The molecule has 1 aliphatic heterocycles. The van der Waals surface area contributed by atoms with E-state index in [1.807, 2.05) is 0 Å². The smallest absolute Gasteiger partial charge is 0.143 e. The van der Waals surface area contributed by atoms with Crippen molar-refractivity contribution in [1.82, 2.24) is 0 Å². The van der Waals surface area contributed by atoms with Gasteiger partial charge in [-0.25, -0.2) is 0 Å². The minimum atomic E-state index is 0.147. The summed E-state index contributed by atoms with van der Waals surface area (Å²) in [5.74, 6) is 1.50. The molecule has 3 heteroatoms. The maximum Gasteiger partial charge on any atom is 0.143 e. The summed E-state index contributed by atoms with van der Waals surface area (Å²) in [6, 6.07) is 8.68. The van der Waals surface area contributed by atoms with E-state index < -0.39 is 0 Å². The van der Waals surface area contributed by atoms with Crippen LogP contribution in [-0.2, 0) is 0 Å². The van der Waals surface area contributed by atoms with E-state index in [9.17, 15) is 0 Å². The molecule has 2 heterocycles. The number of rotatable bonds is 3. The van der Waals surface area contributed by atoms with Gasteiger partial charge >= 0.3 is 0 Å². The zero-order valence-electron chi connectivity index (χ0n) is 14.6. The molecule has 0 saturated heterocycles. The van der Waals surface area contributed by atoms with Gasteiger partial charge in [0, 0.05) is 17.5 Å². The van der Waals surface area contributed by atoms with E-state index in [2.05, 4.69) is 74.5 Å². The van der Waals surface area contributed by atoms with Crippen molar-refractivity contribution in [2.75, 3.05) is 19.1 Å². The van der Waals surface area contributed by atoms with Crippen LogP contribution < -0.4 is 9.64 Å². The van der Waals surface area contributed by atoms with Crippen LogP contribution in [0, 0.1) is 0 Å². The molecule has 0 N–H and O–H groups in total. The molecule has 0 saturated carbocycles. The fraction of sp³-hybridized carbons (Fsp3) is 0.400. The Bertz CT molecular complexity index is 715. The molecule has 122 valence electrons. The van der Waals surface area contributed by atoms with Gasteiger partial charge in [-0.1, -0.05) is 19.1 Å². The molecule has 1 aliphatic rings. The molecule has 1 aromatic carbocycles. The number of thiophene rings is 1. The van der Waals surface area contributed by atoms with Gasteiger partial charge in [0.05, 0.1) is 12.8 Å². The monoisotopic (exact) mass is 327 g/mol. The van der Waals surface area contributed by atoms with E-state index in [1.54, 1.807) is 18.4 Å². The van der Waals surface area contributed by atoms with Crippen LogP contribution >= 0.6 is 11.3 Å². The first-order chi connectivity index (χ1) is 10.9. The van der Waals surface area contributed by atoms with Crippen LogP contribution in [0.2, 0.25) is 0 Å². The number of hydrogen-bond acceptors (Lipinski definition) is 3. The van der Waals surface area contributed by atoms with Crippen LogP contribution in [0.5, 0.6) is 5.75 Å². The summed E-state index contributed by atoms with van der Waals surface area (Å²) in [6.07, 6.45) is 5.51. The quantitative estimate of drug-likeness (QED) is 0.722. The highest BCUT2D eigenvalue weighted by atomic mass is 32.1. The SMILES string of the molecule is COc1cc(/C=C/c2cccs2)cc2c1N(C)C(C)(C)C[C@@H]2C. The van der Waals surface area contributed by atoms with Crippen molar-refractivity contribution in [1.29, 1.82) is 0 Å². The highest BCUT2D eigenvalue weighted by Crippen LogP contribution is 2.47. The average Bonchev–Trinajstić information content (AvgIpc) is 3.03. The van der Waals surface area contributed by atoms with Crippen molar-refractivity contribution >= 4 is 29.2 Å². The van der Waals surface area contributed by atoms with Crippen LogP contribution in [0.1, 0.15) is 49.1 Å². The lowest BCUT2D eigenvalue weighted by Crippen LogP contribution is -2.45. The molecular weight excluding hydrogens is 302 g/mol. The van der Waals surface area contributed by atoms with E-state index in [4.69, 9.17) is 4.74 Å². The van der Waals surface area contributed by atoms with Crippen LogP contribution in [-0.4, -0.2) is 19.7 Å². The van der Waals surface area contributed by atoms with Crippen molar-refractivity contribution in [2.24, 2.45) is 0 Å². The fourth-order valence-corrected chi connectivity index (χ4v) is 4.12. The molecule has 0 radical (unpaired) electrons. The molecule has 0 aliphatic carbocycles. The third kappa shape index (κ3) is 3.02. The number of benzene rings is 1. The van der Waals surface area contributed by atoms with Crippen molar-refractivity contribution in [3.05, 3.63) is 45.6 Å². The van der Waals surface area contributed by atoms with Crippen molar-refractivity contribution in [3.63, 3.8) is 0 Å². The van der Waals surface area contributed by atoms with Crippen LogP contribution in [0.15, 0.2) is 29.6 Å². The van der Waals surface area contributed by atoms with E-state index in [0.717, 1.165) is 12.2 Å². The van der Waals surface area contributed by atoms with Gasteiger partial charge in [0.25, 0.3) is 0 Å². The summed E-state index contributed by atoms with van der Waals surface area (Å²) >= 11 is 1.76. The molecule has 0 amide bonds. The van der Waals surface area contributed by atoms with E-state index in [0.29, 0.717) is 5.92 Å². The maximum atomic E-state index is 5.73. The summed E-state index contributed by atoms with van der Waals surface area (Å²) in [7, 11) is 3.94. The Morgan fingerprint density at radius 3 is 2.74 bits per heavy atom. The van der Waals surface area contributed by atoms with Gasteiger partial charge in [-0.15, -0.1) is 11.3 Å². The molecule has 2 aromatic rings. The molecule has 3 rings (SSSR count). The van der Waals surface area contributed by atoms with E-state index >= 15 is 0 Å². The average molecular weight is 327 g/mol. The molecule has 1 aromatic heterocycles. The fourth-order valence-electron chi connectivity index (χ4n) is 3.50. The second-order valence-corrected chi connectivity index (χ2v) is 7.97. The van der Waals surface area contributed by atoms with Gasteiger partial charge in [0.1, 0.15) is 5.75 Å². The van der Waals surface area contributed by atoms with Crippen LogP contribution in [0.3, 0.4) is 0 Å². The van der Waals surface area contributed by atoms with Gasteiger partial charge in [-0.2, -0.15) is 0 Å². The lowest BCUT2D eigenvalue weighted by Gasteiger charge is -2.46. The molecule has 0 fully saturated rings. The minimum absolute atomic E-state index is 0.147. The lowest BCUT2D eigenvalue weighted by atomic mass is 9.79. The first-order valence-corrected chi connectivity index (χ1v) is 8.97. The predicted octanol–water partition coefficient (Wildman–Crippen LogP) is 5.65. The first-order valence-electron chi connectivity index (χ1n) is 8.10. The van der Waals surface area contributed by atoms with E-state index in [1.165, 1.54) is 21.7 Å². The summed E-state index contributed by atoms with van der Waals surface area (Å²) < 4.78 is 5.73. The van der Waals surface area contributed by atoms with Crippen molar-refractivity contribution < 1.29 is 4.74 Å². The second kappa shape index (κ2) is 6.04. The summed E-state index contributed by atoms with van der Waals surface area (Å²) in [6.45, 7) is 6.92. The Hall–Kier alpha value is -1.74. The number of ether oxygens (including phenoxy) is 1. The van der Waals surface area contributed by atoms with Crippen LogP contribution in [0.25, 0.3) is 12.2 Å². The molecule has 0 spiro atoms. The summed E-state index contributed by atoms with van der Waals surface area (Å²) in [4.78, 5) is 3.64. The Morgan fingerprint density at radius 1 is 1.30 bits per heavy atom. The van der Waals surface area contributed by atoms with Gasteiger partial charge in [-0.3, -0.25) is 0 Å². The zero-order valence-corrected chi connectivity index (χ0v) is 15.4. The molecule has 23 heavy (non-hydrogen) atoms. The Morgan fingerprint density at radius 2 is 2.09 bits per heavy atom. The molecule has 1 atom stereocenters. The Labute approximate surface area is 143 Å². The van der Waals surface area contributed by atoms with Gasteiger partial charge in [-0.05, 0) is 67.0 Å². The number of hydrogen-bond donors (Lipinski definition) is 0. The zero-order chi connectivity index (χ0) is 16.6. The van der Waals surface area contributed by atoms with Crippen LogP contribution in [0.4, 0.5) is 5.69 Å². The highest BCUT2D eigenvalue weighted by molar-refractivity contribution is 7.10. The Balaban J connectivity index is 2.05. The molecule has 2 nitrogen and oxygen atoms in total. The molecule has 0 unspecified atom stereocenters. The second-order valence-electron chi connectivity index (χ2n) is 6.99. The number of nitrogens with zero attached hydrogens (tertiary/aromatic N) is 1. The largest absolute Gasteiger partial charge is 0.495 e. The molecule has 0 bridgehead atoms. The number of fused-ring (bicyclic) bond motifs is 1. The van der Waals surface area contributed by atoms with E-state index in [-0.39, 0.29) is 5.54 Å². The minimum Gasteiger partial charge on any atom is -0.495 e. The normalized spacial score (nSPS) is 19.9. The highest BCUT2D eigenvalue weighted by Gasteiger charge is 2.36. The molecular formula is C20H25NOS. The lowest BCUT2D eigenvalue weighted by molar-refractivity contribution is 0.373. The van der Waals surface area contributed by atoms with Gasteiger partial charge in [0.2, 0.25) is 0 Å². The van der Waals surface area contributed by atoms with Gasteiger partial charge in [0.15, 0.2) is 0 Å². The first kappa shape index (κ1) is 16.1. The standard InChI is InChI=1S/C20H25NOS/c1-14-13-20(2,3)21(4)19-17(14)11-15(12-18(19)22-5)8-9-16-7-6-10-23-16/h6-12,14H,13H2,1-5H3/b9-8+/t14-/m0/s1. The third-order valence-electron chi connectivity index (χ3n) is 4.91. The van der Waals surface area contributed by atoms with Gasteiger partial charge < -0.3 is 9.64 Å². The maximum absolute atomic E-state index is 5.73.